The van der Waals surface area contributed by atoms with E-state index in [9.17, 15) is 9.18 Å². The zero-order valence-electron chi connectivity index (χ0n) is 10.8. The fourth-order valence-electron chi connectivity index (χ4n) is 1.71. The molecule has 4 heteroatoms. The standard InChI is InChI=1S/C14H21FN2O/c1-11-10-12(6-7-13(11)15)14(18)17-9-5-3-2-4-8-16/h6-7,10H,2-5,8-9,16H2,1H3,(H,17,18). The summed E-state index contributed by atoms with van der Waals surface area (Å²) in [6, 6.07) is 4.40. The molecule has 0 unspecified atom stereocenters. The van der Waals surface area contributed by atoms with Crippen molar-refractivity contribution in [1.29, 1.82) is 0 Å². The van der Waals surface area contributed by atoms with E-state index in [0.717, 1.165) is 32.2 Å². The van der Waals surface area contributed by atoms with Gasteiger partial charge in [0, 0.05) is 12.1 Å². The number of nitrogens with one attached hydrogen (secondary N) is 1. The number of benzene rings is 1. The summed E-state index contributed by atoms with van der Waals surface area (Å²) < 4.78 is 13.0. The summed E-state index contributed by atoms with van der Waals surface area (Å²) in [5.74, 6) is -0.426. The Bertz CT molecular complexity index is 393. The quantitative estimate of drug-likeness (QED) is 0.732. The van der Waals surface area contributed by atoms with E-state index in [1.165, 1.54) is 12.1 Å². The van der Waals surface area contributed by atoms with Gasteiger partial charge in [0.15, 0.2) is 0 Å². The summed E-state index contributed by atoms with van der Waals surface area (Å²) in [5, 5.41) is 2.83. The van der Waals surface area contributed by atoms with Crippen LogP contribution in [-0.2, 0) is 0 Å². The Labute approximate surface area is 108 Å². The minimum absolute atomic E-state index is 0.142. The van der Waals surface area contributed by atoms with Crippen molar-refractivity contribution >= 4 is 5.91 Å². The lowest BCUT2D eigenvalue weighted by Gasteiger charge is -2.06. The van der Waals surface area contributed by atoms with E-state index in [0.29, 0.717) is 17.7 Å². The van der Waals surface area contributed by atoms with Crippen LogP contribution < -0.4 is 11.1 Å². The lowest BCUT2D eigenvalue weighted by molar-refractivity contribution is 0.0953. The number of rotatable bonds is 7. The molecule has 0 aromatic heterocycles. The molecule has 0 aliphatic rings. The van der Waals surface area contributed by atoms with Crippen molar-refractivity contribution in [2.24, 2.45) is 5.73 Å². The van der Waals surface area contributed by atoms with E-state index in [-0.39, 0.29) is 11.7 Å². The number of hydrogen-bond acceptors (Lipinski definition) is 2. The molecule has 1 aromatic rings. The highest BCUT2D eigenvalue weighted by atomic mass is 19.1. The van der Waals surface area contributed by atoms with Gasteiger partial charge in [0.1, 0.15) is 5.82 Å². The Morgan fingerprint density at radius 1 is 1.28 bits per heavy atom. The minimum Gasteiger partial charge on any atom is -0.352 e. The van der Waals surface area contributed by atoms with Gasteiger partial charge in [-0.3, -0.25) is 4.79 Å². The number of nitrogens with two attached hydrogens (primary N) is 1. The maximum absolute atomic E-state index is 13.0. The fraction of sp³-hybridized carbons (Fsp3) is 0.500. The summed E-state index contributed by atoms with van der Waals surface area (Å²) in [4.78, 5) is 11.7. The Morgan fingerprint density at radius 3 is 2.67 bits per heavy atom. The van der Waals surface area contributed by atoms with Crippen molar-refractivity contribution in [3.63, 3.8) is 0 Å². The molecule has 0 spiro atoms. The number of halogens is 1. The van der Waals surface area contributed by atoms with Crippen molar-refractivity contribution in [2.75, 3.05) is 13.1 Å². The number of amides is 1. The van der Waals surface area contributed by atoms with Gasteiger partial charge in [-0.2, -0.15) is 0 Å². The van der Waals surface area contributed by atoms with Gasteiger partial charge in [-0.05, 0) is 50.1 Å². The Morgan fingerprint density at radius 2 is 2.00 bits per heavy atom. The van der Waals surface area contributed by atoms with Gasteiger partial charge < -0.3 is 11.1 Å². The summed E-state index contributed by atoms with van der Waals surface area (Å²) in [5.41, 5.74) is 6.39. The van der Waals surface area contributed by atoms with Crippen molar-refractivity contribution in [3.05, 3.63) is 35.1 Å². The van der Waals surface area contributed by atoms with Crippen molar-refractivity contribution in [1.82, 2.24) is 5.32 Å². The summed E-state index contributed by atoms with van der Waals surface area (Å²) in [7, 11) is 0. The van der Waals surface area contributed by atoms with E-state index in [4.69, 9.17) is 5.73 Å². The summed E-state index contributed by atoms with van der Waals surface area (Å²) in [6.45, 7) is 3.03. The number of carbonyl (C=O) groups excluding carboxylic acids is 1. The smallest absolute Gasteiger partial charge is 0.251 e. The fourth-order valence-corrected chi connectivity index (χ4v) is 1.71. The van der Waals surface area contributed by atoms with Gasteiger partial charge in [-0.1, -0.05) is 12.8 Å². The first-order valence-corrected chi connectivity index (χ1v) is 6.39. The maximum atomic E-state index is 13.0. The third-order valence-electron chi connectivity index (χ3n) is 2.84. The van der Waals surface area contributed by atoms with E-state index in [2.05, 4.69) is 5.32 Å². The molecule has 100 valence electrons. The first-order chi connectivity index (χ1) is 8.65. The molecular weight excluding hydrogens is 231 g/mol. The molecule has 0 radical (unpaired) electrons. The molecular formula is C14H21FN2O. The summed E-state index contributed by atoms with van der Waals surface area (Å²) in [6.07, 6.45) is 4.15. The average Bonchev–Trinajstić information content (AvgIpc) is 2.36. The molecule has 1 aromatic carbocycles. The molecule has 0 saturated heterocycles. The van der Waals surface area contributed by atoms with Crippen LogP contribution in [0.2, 0.25) is 0 Å². The predicted octanol–water partition coefficient (Wildman–Crippen LogP) is 2.38. The Hall–Kier alpha value is -1.42. The molecule has 3 nitrogen and oxygen atoms in total. The maximum Gasteiger partial charge on any atom is 0.251 e. The molecule has 0 atom stereocenters. The van der Waals surface area contributed by atoms with Gasteiger partial charge in [-0.25, -0.2) is 4.39 Å². The molecule has 0 bridgehead atoms. The second-order valence-electron chi connectivity index (χ2n) is 4.42. The first-order valence-electron chi connectivity index (χ1n) is 6.39. The molecule has 0 heterocycles. The van der Waals surface area contributed by atoms with Crippen LogP contribution in [0.25, 0.3) is 0 Å². The van der Waals surface area contributed by atoms with Crippen LogP contribution in [0.1, 0.15) is 41.6 Å². The van der Waals surface area contributed by atoms with Crippen LogP contribution >= 0.6 is 0 Å². The minimum atomic E-state index is -0.284. The molecule has 0 fully saturated rings. The third kappa shape index (κ3) is 4.84. The lowest BCUT2D eigenvalue weighted by atomic mass is 10.1. The monoisotopic (exact) mass is 252 g/mol. The zero-order valence-corrected chi connectivity index (χ0v) is 10.8. The van der Waals surface area contributed by atoms with Crippen molar-refractivity contribution < 1.29 is 9.18 Å². The Kier molecular flexibility index (Phi) is 6.36. The van der Waals surface area contributed by atoms with Crippen LogP contribution in [0, 0.1) is 12.7 Å². The Balaban J connectivity index is 2.30. The van der Waals surface area contributed by atoms with Crippen molar-refractivity contribution in [2.45, 2.75) is 32.6 Å². The molecule has 0 saturated carbocycles. The van der Waals surface area contributed by atoms with Gasteiger partial charge in [0.05, 0.1) is 0 Å². The molecule has 0 aliphatic heterocycles. The average molecular weight is 252 g/mol. The summed E-state index contributed by atoms with van der Waals surface area (Å²) >= 11 is 0. The second kappa shape index (κ2) is 7.82. The van der Waals surface area contributed by atoms with E-state index >= 15 is 0 Å². The van der Waals surface area contributed by atoms with Crippen molar-refractivity contribution in [3.8, 4) is 0 Å². The van der Waals surface area contributed by atoms with Crippen LogP contribution in [0.15, 0.2) is 18.2 Å². The molecule has 3 N–H and O–H groups in total. The largest absolute Gasteiger partial charge is 0.352 e. The molecule has 18 heavy (non-hydrogen) atoms. The van der Waals surface area contributed by atoms with Crippen LogP contribution in [0.5, 0.6) is 0 Å². The number of unbranched alkanes of at least 4 members (excludes halogenated alkanes) is 3. The SMILES string of the molecule is Cc1cc(C(=O)NCCCCCCN)ccc1F. The number of carbonyl (C=O) groups is 1. The molecule has 0 aliphatic carbocycles. The highest BCUT2D eigenvalue weighted by molar-refractivity contribution is 5.94. The van der Waals surface area contributed by atoms with E-state index < -0.39 is 0 Å². The van der Waals surface area contributed by atoms with E-state index in [1.54, 1.807) is 13.0 Å². The lowest BCUT2D eigenvalue weighted by Crippen LogP contribution is -2.24. The van der Waals surface area contributed by atoms with Gasteiger partial charge in [-0.15, -0.1) is 0 Å². The van der Waals surface area contributed by atoms with Crippen LogP contribution in [0.4, 0.5) is 4.39 Å². The van der Waals surface area contributed by atoms with E-state index in [1.807, 2.05) is 0 Å². The first kappa shape index (κ1) is 14.6. The number of hydrogen-bond donors (Lipinski definition) is 2. The second-order valence-corrected chi connectivity index (χ2v) is 4.42. The molecule has 1 amide bonds. The van der Waals surface area contributed by atoms with Crippen LogP contribution in [-0.4, -0.2) is 19.0 Å². The topological polar surface area (TPSA) is 55.1 Å². The van der Waals surface area contributed by atoms with Crippen LogP contribution in [0.3, 0.4) is 0 Å². The number of aryl methyl sites for hydroxylation is 1. The van der Waals surface area contributed by atoms with Gasteiger partial charge >= 0.3 is 0 Å². The molecule has 1 rings (SSSR count). The highest BCUT2D eigenvalue weighted by Gasteiger charge is 2.06. The third-order valence-corrected chi connectivity index (χ3v) is 2.84. The highest BCUT2D eigenvalue weighted by Crippen LogP contribution is 2.09. The van der Waals surface area contributed by atoms with Gasteiger partial charge in [0.2, 0.25) is 0 Å². The zero-order chi connectivity index (χ0) is 13.4. The normalized spacial score (nSPS) is 10.4. The van der Waals surface area contributed by atoms with Gasteiger partial charge in [0.25, 0.3) is 5.91 Å². The predicted molar refractivity (Wildman–Crippen MR) is 71.0 cm³/mol.